The molecule has 0 fully saturated rings. The first-order valence-electron chi connectivity index (χ1n) is 8.23. The maximum absolute atomic E-state index is 13.8. The second-order valence-electron chi connectivity index (χ2n) is 6.08. The number of fused-ring (bicyclic) bond motifs is 3. The van der Waals surface area contributed by atoms with Crippen LogP contribution in [-0.2, 0) is 14.8 Å². The molecule has 3 aromatic carbocycles. The molecule has 7 heteroatoms. The number of amides is 1. The molecule has 1 N–H and O–H groups in total. The van der Waals surface area contributed by atoms with Crippen LogP contribution in [0.15, 0.2) is 77.7 Å². The molecule has 136 valence electrons. The molecule has 3 aromatic rings. The van der Waals surface area contributed by atoms with Gasteiger partial charge in [-0.25, -0.2) is 12.8 Å². The highest BCUT2D eigenvalue weighted by atomic mass is 32.2. The van der Waals surface area contributed by atoms with Crippen LogP contribution in [0.5, 0.6) is 0 Å². The van der Waals surface area contributed by atoms with E-state index in [-0.39, 0.29) is 10.6 Å². The van der Waals surface area contributed by atoms with Gasteiger partial charge in [-0.1, -0.05) is 36.4 Å². The van der Waals surface area contributed by atoms with Crippen LogP contribution < -0.4 is 9.62 Å². The lowest BCUT2D eigenvalue weighted by Gasteiger charge is -2.31. The summed E-state index contributed by atoms with van der Waals surface area (Å²) in [5.74, 6) is -0.962. The van der Waals surface area contributed by atoms with Crippen molar-refractivity contribution >= 4 is 27.3 Å². The highest BCUT2D eigenvalue weighted by Crippen LogP contribution is 2.43. The van der Waals surface area contributed by atoms with E-state index in [0.29, 0.717) is 16.8 Å². The molecule has 1 aliphatic rings. The lowest BCUT2D eigenvalue weighted by Crippen LogP contribution is -2.40. The highest BCUT2D eigenvalue weighted by Gasteiger charge is 2.36. The Balaban J connectivity index is 1.76. The van der Waals surface area contributed by atoms with Crippen molar-refractivity contribution < 1.29 is 17.6 Å². The Hall–Kier alpha value is -3.19. The van der Waals surface area contributed by atoms with Crippen molar-refractivity contribution in [2.45, 2.75) is 4.90 Å². The van der Waals surface area contributed by atoms with Crippen LogP contribution in [0.3, 0.4) is 0 Å². The molecule has 0 unspecified atom stereocenters. The molecule has 0 saturated heterocycles. The summed E-state index contributed by atoms with van der Waals surface area (Å²) in [5, 5.41) is 2.67. The molecule has 27 heavy (non-hydrogen) atoms. The van der Waals surface area contributed by atoms with E-state index >= 15 is 0 Å². The van der Waals surface area contributed by atoms with Gasteiger partial charge in [0.05, 0.1) is 10.6 Å². The molecule has 0 aromatic heterocycles. The van der Waals surface area contributed by atoms with E-state index < -0.39 is 28.3 Å². The van der Waals surface area contributed by atoms with Crippen LogP contribution in [0.25, 0.3) is 11.1 Å². The Kier molecular flexibility index (Phi) is 4.16. The van der Waals surface area contributed by atoms with Crippen LogP contribution in [-0.4, -0.2) is 20.9 Å². The van der Waals surface area contributed by atoms with Crippen LogP contribution in [0.4, 0.5) is 15.8 Å². The summed E-state index contributed by atoms with van der Waals surface area (Å²) in [4.78, 5) is 12.5. The summed E-state index contributed by atoms with van der Waals surface area (Å²) in [6.07, 6.45) is 0. The molecular formula is C20H15FN2O3S. The number of nitrogens with zero attached hydrogens (tertiary/aromatic N) is 1. The van der Waals surface area contributed by atoms with Gasteiger partial charge in [-0.2, -0.15) is 0 Å². The quantitative estimate of drug-likeness (QED) is 0.752. The van der Waals surface area contributed by atoms with E-state index in [0.717, 1.165) is 4.31 Å². The summed E-state index contributed by atoms with van der Waals surface area (Å²) in [5.41, 5.74) is 1.70. The molecule has 0 bridgehead atoms. The zero-order valence-corrected chi connectivity index (χ0v) is 14.9. The number of halogens is 1. The van der Waals surface area contributed by atoms with Crippen LogP contribution in [0.1, 0.15) is 0 Å². The molecule has 1 aliphatic heterocycles. The minimum atomic E-state index is -3.95. The van der Waals surface area contributed by atoms with E-state index in [1.165, 1.54) is 24.3 Å². The topological polar surface area (TPSA) is 66.5 Å². The predicted octanol–water partition coefficient (Wildman–Crippen LogP) is 3.64. The Morgan fingerprint density at radius 1 is 0.926 bits per heavy atom. The highest BCUT2D eigenvalue weighted by molar-refractivity contribution is 7.93. The van der Waals surface area contributed by atoms with E-state index in [1.54, 1.807) is 42.5 Å². The van der Waals surface area contributed by atoms with Crippen molar-refractivity contribution in [1.82, 2.24) is 0 Å². The number of anilines is 2. The number of benzene rings is 3. The van der Waals surface area contributed by atoms with Gasteiger partial charge in [-0.05, 0) is 36.4 Å². The van der Waals surface area contributed by atoms with Gasteiger partial charge in [0.1, 0.15) is 12.4 Å². The summed E-state index contributed by atoms with van der Waals surface area (Å²) >= 11 is 0. The number of carbonyl (C=O) groups excluding carboxylic acids is 1. The molecule has 0 aliphatic carbocycles. The largest absolute Gasteiger partial charge is 0.325 e. The lowest BCUT2D eigenvalue weighted by atomic mass is 10.0. The zero-order chi connectivity index (χ0) is 19.0. The van der Waals surface area contributed by atoms with Crippen molar-refractivity contribution in [3.8, 4) is 11.1 Å². The molecular weight excluding hydrogens is 367 g/mol. The van der Waals surface area contributed by atoms with Crippen molar-refractivity contribution in [3.05, 3.63) is 78.6 Å². The summed E-state index contributed by atoms with van der Waals surface area (Å²) < 4.78 is 41.0. The minimum Gasteiger partial charge on any atom is -0.325 e. The summed E-state index contributed by atoms with van der Waals surface area (Å²) in [6.45, 7) is -0.413. The monoisotopic (exact) mass is 382 g/mol. The van der Waals surface area contributed by atoms with Gasteiger partial charge in [0, 0.05) is 16.8 Å². The van der Waals surface area contributed by atoms with Gasteiger partial charge in [0.25, 0.3) is 10.0 Å². The maximum atomic E-state index is 13.8. The Morgan fingerprint density at radius 2 is 1.63 bits per heavy atom. The van der Waals surface area contributed by atoms with Gasteiger partial charge in [-0.3, -0.25) is 9.10 Å². The standard InChI is InChI=1S/C20H15FN2O3S/c21-14-10-11-18-17(12-14)16-8-4-5-9-19(16)27(25,26)23(18)13-20(24)22-15-6-2-1-3-7-15/h1-12H,13H2,(H,22,24). The maximum Gasteiger partial charge on any atom is 0.265 e. The normalized spacial score (nSPS) is 14.2. The lowest BCUT2D eigenvalue weighted by molar-refractivity contribution is -0.114. The molecule has 0 saturated carbocycles. The third-order valence-electron chi connectivity index (χ3n) is 4.32. The van der Waals surface area contributed by atoms with E-state index in [4.69, 9.17) is 0 Å². The fourth-order valence-corrected chi connectivity index (χ4v) is 4.78. The first kappa shape index (κ1) is 17.2. The molecule has 0 atom stereocenters. The van der Waals surface area contributed by atoms with Gasteiger partial charge in [-0.15, -0.1) is 0 Å². The molecule has 1 amide bonds. The van der Waals surface area contributed by atoms with Crippen molar-refractivity contribution in [1.29, 1.82) is 0 Å². The predicted molar refractivity (Wildman–Crippen MR) is 101 cm³/mol. The van der Waals surface area contributed by atoms with Crippen molar-refractivity contribution in [3.63, 3.8) is 0 Å². The molecule has 5 nitrogen and oxygen atoms in total. The SMILES string of the molecule is O=C(CN1c2ccc(F)cc2-c2ccccc2S1(=O)=O)Nc1ccccc1. The third-order valence-corrected chi connectivity index (χ3v) is 6.14. The van der Waals surface area contributed by atoms with Gasteiger partial charge in [0.15, 0.2) is 0 Å². The number of hydrogen-bond acceptors (Lipinski definition) is 3. The van der Waals surface area contributed by atoms with Gasteiger partial charge in [0.2, 0.25) is 5.91 Å². The van der Waals surface area contributed by atoms with Crippen LogP contribution in [0, 0.1) is 5.82 Å². The summed E-state index contributed by atoms with van der Waals surface area (Å²) in [7, 11) is -3.95. The summed E-state index contributed by atoms with van der Waals surface area (Å²) in [6, 6.07) is 19.0. The van der Waals surface area contributed by atoms with E-state index in [9.17, 15) is 17.6 Å². The fourth-order valence-electron chi connectivity index (χ4n) is 3.13. The van der Waals surface area contributed by atoms with Crippen molar-refractivity contribution in [2.75, 3.05) is 16.2 Å². The second-order valence-corrected chi connectivity index (χ2v) is 7.91. The van der Waals surface area contributed by atoms with Crippen molar-refractivity contribution in [2.24, 2.45) is 0 Å². The molecule has 4 rings (SSSR count). The fraction of sp³-hybridized carbons (Fsp3) is 0.0500. The number of para-hydroxylation sites is 1. The second kappa shape index (κ2) is 6.51. The average molecular weight is 382 g/mol. The van der Waals surface area contributed by atoms with E-state index in [2.05, 4.69) is 5.32 Å². The zero-order valence-electron chi connectivity index (χ0n) is 14.1. The van der Waals surface area contributed by atoms with Crippen LogP contribution >= 0.6 is 0 Å². The Bertz CT molecular complexity index is 1130. The Labute approximate surface area is 156 Å². The van der Waals surface area contributed by atoms with E-state index in [1.807, 2.05) is 6.07 Å². The first-order valence-corrected chi connectivity index (χ1v) is 9.67. The first-order chi connectivity index (χ1) is 13.0. The number of carbonyl (C=O) groups is 1. The number of nitrogens with one attached hydrogen (secondary N) is 1. The number of rotatable bonds is 3. The molecule has 0 radical (unpaired) electrons. The average Bonchev–Trinajstić information content (AvgIpc) is 2.66. The Morgan fingerprint density at radius 3 is 2.41 bits per heavy atom. The molecule has 1 heterocycles. The molecule has 0 spiro atoms. The van der Waals surface area contributed by atoms with Crippen LogP contribution in [0.2, 0.25) is 0 Å². The minimum absolute atomic E-state index is 0.0515. The number of sulfonamides is 1. The van der Waals surface area contributed by atoms with Gasteiger partial charge >= 0.3 is 0 Å². The smallest absolute Gasteiger partial charge is 0.265 e. The third kappa shape index (κ3) is 3.06. The number of hydrogen-bond donors (Lipinski definition) is 1. The van der Waals surface area contributed by atoms with Gasteiger partial charge < -0.3 is 5.32 Å².